The second-order valence-electron chi connectivity index (χ2n) is 8.98. The molecular formula is C24H32ClN3O. The molecule has 1 aromatic heterocycles. The number of halogens is 1. The van der Waals surface area contributed by atoms with Crippen molar-refractivity contribution in [3.05, 3.63) is 64.9 Å². The number of carbonyl (C=O) groups excluding carboxylic acids is 1. The maximum Gasteiger partial charge on any atom is 0.225 e. The van der Waals surface area contributed by atoms with Crippen LogP contribution < -0.4 is 5.32 Å². The van der Waals surface area contributed by atoms with E-state index in [0.29, 0.717) is 6.04 Å². The zero-order valence-corrected chi connectivity index (χ0v) is 18.5. The lowest BCUT2D eigenvalue weighted by Crippen LogP contribution is -2.44. The molecule has 2 aromatic rings. The van der Waals surface area contributed by atoms with Gasteiger partial charge in [-0.05, 0) is 49.6 Å². The molecule has 0 spiro atoms. The van der Waals surface area contributed by atoms with Gasteiger partial charge in [0, 0.05) is 29.2 Å². The molecule has 5 heteroatoms. The van der Waals surface area contributed by atoms with Gasteiger partial charge in [-0.3, -0.25) is 14.7 Å². The number of piperidine rings is 1. The smallest absolute Gasteiger partial charge is 0.225 e. The quantitative estimate of drug-likeness (QED) is 0.691. The molecule has 1 aliphatic rings. The largest absolute Gasteiger partial charge is 0.347 e. The summed E-state index contributed by atoms with van der Waals surface area (Å²) in [6.07, 6.45) is 6.19. The summed E-state index contributed by atoms with van der Waals surface area (Å²) in [4.78, 5) is 19.8. The molecule has 29 heavy (non-hydrogen) atoms. The van der Waals surface area contributed by atoms with Crippen molar-refractivity contribution in [2.24, 2.45) is 5.41 Å². The van der Waals surface area contributed by atoms with E-state index in [2.05, 4.69) is 21.3 Å². The summed E-state index contributed by atoms with van der Waals surface area (Å²) < 4.78 is 0. The van der Waals surface area contributed by atoms with Crippen LogP contribution in [0.15, 0.2) is 48.7 Å². The fraction of sp³-hybridized carbons (Fsp3) is 0.500. The van der Waals surface area contributed by atoms with Crippen LogP contribution in [0.1, 0.15) is 63.8 Å². The fourth-order valence-electron chi connectivity index (χ4n) is 3.86. The molecule has 2 atom stereocenters. The van der Waals surface area contributed by atoms with E-state index in [1.165, 1.54) is 12.8 Å². The first-order chi connectivity index (χ1) is 13.8. The van der Waals surface area contributed by atoms with E-state index in [1.807, 2.05) is 57.2 Å². The van der Waals surface area contributed by atoms with Crippen molar-refractivity contribution in [1.29, 1.82) is 0 Å². The lowest BCUT2D eigenvalue weighted by atomic mass is 9.91. The van der Waals surface area contributed by atoms with Crippen LogP contribution in [-0.2, 0) is 11.3 Å². The maximum absolute atomic E-state index is 12.7. The van der Waals surface area contributed by atoms with Gasteiger partial charge in [-0.2, -0.15) is 0 Å². The highest BCUT2D eigenvalue weighted by Gasteiger charge is 2.30. The zero-order valence-electron chi connectivity index (χ0n) is 17.7. The molecule has 1 aliphatic heterocycles. The number of amides is 1. The number of rotatable bonds is 6. The molecule has 1 saturated heterocycles. The lowest BCUT2D eigenvalue weighted by Gasteiger charge is -2.38. The van der Waals surface area contributed by atoms with Gasteiger partial charge in [0.05, 0.1) is 11.7 Å². The summed E-state index contributed by atoms with van der Waals surface area (Å²) in [6, 6.07) is 14.3. The predicted molar refractivity (Wildman–Crippen MR) is 119 cm³/mol. The normalized spacial score (nSPS) is 19.0. The summed E-state index contributed by atoms with van der Waals surface area (Å²) in [5.74, 6) is 0.0571. The lowest BCUT2D eigenvalue weighted by molar-refractivity contribution is -0.129. The second-order valence-corrected chi connectivity index (χ2v) is 9.39. The SMILES string of the molecule is CC(C)(C)C(=O)N[C@H](C[C@H]1CCCCN1Cc1ccccc1Cl)c1ccccn1. The minimum absolute atomic E-state index is 0.0571. The third-order valence-corrected chi connectivity index (χ3v) is 5.99. The van der Waals surface area contributed by atoms with E-state index >= 15 is 0 Å². The Labute approximate surface area is 179 Å². The number of carbonyl (C=O) groups is 1. The Bertz CT molecular complexity index is 803. The molecule has 3 rings (SSSR count). The number of likely N-dealkylation sites (tertiary alicyclic amines) is 1. The summed E-state index contributed by atoms with van der Waals surface area (Å²) in [5.41, 5.74) is 1.65. The number of hydrogen-bond acceptors (Lipinski definition) is 3. The molecule has 4 nitrogen and oxygen atoms in total. The van der Waals surface area contributed by atoms with Crippen molar-refractivity contribution in [3.8, 4) is 0 Å². The Hall–Kier alpha value is -1.91. The third-order valence-electron chi connectivity index (χ3n) is 5.62. The van der Waals surface area contributed by atoms with E-state index < -0.39 is 5.41 Å². The Morgan fingerprint density at radius 2 is 1.97 bits per heavy atom. The summed E-state index contributed by atoms with van der Waals surface area (Å²) in [6.45, 7) is 7.73. The van der Waals surface area contributed by atoms with Gasteiger partial charge in [0.15, 0.2) is 0 Å². The number of aromatic nitrogens is 1. The number of nitrogens with zero attached hydrogens (tertiary/aromatic N) is 2. The van der Waals surface area contributed by atoms with Crippen LogP contribution in [0.2, 0.25) is 5.02 Å². The van der Waals surface area contributed by atoms with Crippen molar-refractivity contribution >= 4 is 17.5 Å². The maximum atomic E-state index is 12.7. The first-order valence-electron chi connectivity index (χ1n) is 10.5. The molecule has 1 N–H and O–H groups in total. The third kappa shape index (κ3) is 6.03. The highest BCUT2D eigenvalue weighted by molar-refractivity contribution is 6.31. The molecule has 0 aliphatic carbocycles. The van der Waals surface area contributed by atoms with Crippen molar-refractivity contribution in [1.82, 2.24) is 15.2 Å². The van der Waals surface area contributed by atoms with Crippen LogP contribution in [-0.4, -0.2) is 28.4 Å². The van der Waals surface area contributed by atoms with Gasteiger partial charge in [0.2, 0.25) is 5.91 Å². The number of nitrogens with one attached hydrogen (secondary N) is 1. The summed E-state index contributed by atoms with van der Waals surface area (Å²) in [5, 5.41) is 4.08. The van der Waals surface area contributed by atoms with E-state index in [0.717, 1.165) is 42.2 Å². The summed E-state index contributed by atoms with van der Waals surface area (Å²) >= 11 is 6.42. The Kier molecular flexibility index (Phi) is 7.31. The number of benzene rings is 1. The van der Waals surface area contributed by atoms with Crippen LogP contribution in [0.3, 0.4) is 0 Å². The van der Waals surface area contributed by atoms with Crippen molar-refractivity contribution in [2.45, 2.75) is 65.1 Å². The monoisotopic (exact) mass is 413 g/mol. The van der Waals surface area contributed by atoms with Crippen molar-refractivity contribution in [3.63, 3.8) is 0 Å². The molecule has 156 valence electrons. The number of hydrogen-bond donors (Lipinski definition) is 1. The Morgan fingerprint density at radius 1 is 1.21 bits per heavy atom. The van der Waals surface area contributed by atoms with Crippen molar-refractivity contribution in [2.75, 3.05) is 6.54 Å². The average Bonchev–Trinajstić information content (AvgIpc) is 2.70. The van der Waals surface area contributed by atoms with Gasteiger partial charge in [-0.1, -0.05) is 63.1 Å². The minimum atomic E-state index is -0.434. The Balaban J connectivity index is 1.78. The molecule has 0 radical (unpaired) electrons. The first kappa shape index (κ1) is 21.8. The highest BCUT2D eigenvalue weighted by atomic mass is 35.5. The average molecular weight is 414 g/mol. The van der Waals surface area contributed by atoms with Crippen LogP contribution in [0, 0.1) is 5.41 Å². The van der Waals surface area contributed by atoms with Crippen molar-refractivity contribution < 1.29 is 4.79 Å². The fourth-order valence-corrected chi connectivity index (χ4v) is 4.06. The van der Waals surface area contributed by atoms with E-state index in [9.17, 15) is 4.79 Å². The topological polar surface area (TPSA) is 45.2 Å². The van der Waals surface area contributed by atoms with Gasteiger partial charge in [-0.15, -0.1) is 0 Å². The minimum Gasteiger partial charge on any atom is -0.347 e. The standard InChI is InChI=1S/C24H32ClN3O/c1-24(2,3)23(29)27-22(21-13-6-8-14-26-21)16-19-11-7-9-15-28(19)17-18-10-4-5-12-20(18)25/h4-6,8,10,12-14,19,22H,7,9,11,15-17H2,1-3H3,(H,27,29)/t19-,22-/m1/s1. The zero-order chi connectivity index (χ0) is 20.9. The molecule has 0 unspecified atom stereocenters. The van der Waals surface area contributed by atoms with Gasteiger partial charge in [0.1, 0.15) is 0 Å². The predicted octanol–water partition coefficient (Wildman–Crippen LogP) is 5.38. The Morgan fingerprint density at radius 3 is 2.66 bits per heavy atom. The highest BCUT2D eigenvalue weighted by Crippen LogP contribution is 2.29. The number of pyridine rings is 1. The molecular weight excluding hydrogens is 382 g/mol. The van der Waals surface area contributed by atoms with Crippen LogP contribution in [0.5, 0.6) is 0 Å². The first-order valence-corrected chi connectivity index (χ1v) is 10.9. The van der Waals surface area contributed by atoms with Gasteiger partial charge >= 0.3 is 0 Å². The molecule has 1 amide bonds. The molecule has 0 saturated carbocycles. The molecule has 1 fully saturated rings. The second kappa shape index (κ2) is 9.73. The molecule has 2 heterocycles. The van der Waals surface area contributed by atoms with Gasteiger partial charge < -0.3 is 5.32 Å². The van der Waals surface area contributed by atoms with E-state index in [1.54, 1.807) is 6.20 Å². The van der Waals surface area contributed by atoms with E-state index in [-0.39, 0.29) is 11.9 Å². The van der Waals surface area contributed by atoms with Crippen LogP contribution in [0.25, 0.3) is 0 Å². The molecule has 0 bridgehead atoms. The van der Waals surface area contributed by atoms with Gasteiger partial charge in [-0.25, -0.2) is 0 Å². The van der Waals surface area contributed by atoms with E-state index in [4.69, 9.17) is 11.6 Å². The summed E-state index contributed by atoms with van der Waals surface area (Å²) in [7, 11) is 0. The van der Waals surface area contributed by atoms with Crippen LogP contribution in [0.4, 0.5) is 0 Å². The van der Waals surface area contributed by atoms with Gasteiger partial charge in [0.25, 0.3) is 0 Å². The van der Waals surface area contributed by atoms with Crippen LogP contribution >= 0.6 is 11.6 Å². The molecule has 1 aromatic carbocycles.